The highest BCUT2D eigenvalue weighted by Gasteiger charge is 2.18. The number of rotatable bonds is 8. The van der Waals surface area contributed by atoms with Gasteiger partial charge in [0.15, 0.2) is 0 Å². The second-order valence-corrected chi connectivity index (χ2v) is 6.79. The number of aromatic nitrogens is 1. The third-order valence-corrected chi connectivity index (χ3v) is 4.66. The van der Waals surface area contributed by atoms with E-state index in [1.54, 1.807) is 25.4 Å². The number of nitrogens with zero attached hydrogens (tertiary/aromatic N) is 2. The first-order chi connectivity index (χ1) is 13.1. The number of ether oxygens (including phenoxy) is 1. The molecule has 1 N–H and O–H groups in total. The number of methoxy groups -OCH3 is 1. The van der Waals surface area contributed by atoms with Crippen LogP contribution in [0.5, 0.6) is 0 Å². The molecule has 1 atom stereocenters. The highest BCUT2D eigenvalue weighted by Crippen LogP contribution is 2.22. The number of ketones is 1. The Morgan fingerprint density at radius 3 is 2.85 bits per heavy atom. The molecule has 5 nitrogen and oxygen atoms in total. The molecule has 6 heteroatoms. The van der Waals surface area contributed by atoms with Gasteiger partial charge in [-0.05, 0) is 35.2 Å². The number of halogens is 1. The number of amidine groups is 1. The number of carbonyl (C=O) groups is 1. The zero-order valence-corrected chi connectivity index (χ0v) is 15.7. The van der Waals surface area contributed by atoms with Crippen molar-refractivity contribution in [1.82, 2.24) is 10.3 Å². The number of hydrogen-bond donors (Lipinski definition) is 1. The Balaban J connectivity index is 1.57. The lowest BCUT2D eigenvalue weighted by molar-refractivity contribution is -0.118. The van der Waals surface area contributed by atoms with Crippen molar-refractivity contribution in [2.75, 3.05) is 20.3 Å². The molecule has 0 fully saturated rings. The van der Waals surface area contributed by atoms with E-state index in [-0.39, 0.29) is 17.5 Å². The molecule has 0 aliphatic carbocycles. The lowest BCUT2D eigenvalue weighted by Gasteiger charge is -2.11. The largest absolute Gasteiger partial charge is 0.383 e. The average molecular weight is 369 g/mol. The van der Waals surface area contributed by atoms with Crippen LogP contribution in [0.3, 0.4) is 0 Å². The molecular weight excluding hydrogens is 345 g/mol. The van der Waals surface area contributed by atoms with E-state index in [1.807, 2.05) is 13.0 Å². The fourth-order valence-electron chi connectivity index (χ4n) is 3.18. The van der Waals surface area contributed by atoms with Crippen LogP contribution in [0.15, 0.2) is 41.5 Å². The van der Waals surface area contributed by atoms with Gasteiger partial charge in [-0.1, -0.05) is 19.1 Å². The smallest absolute Gasteiger partial charge is 0.139 e. The predicted octanol–water partition coefficient (Wildman–Crippen LogP) is 3.02. The normalized spacial score (nSPS) is 13.8. The number of carbonyl (C=O) groups excluding carboxylic acids is 1. The van der Waals surface area contributed by atoms with Gasteiger partial charge < -0.3 is 10.1 Å². The molecule has 0 amide bonds. The van der Waals surface area contributed by atoms with Crippen molar-refractivity contribution in [3.8, 4) is 0 Å². The summed E-state index contributed by atoms with van der Waals surface area (Å²) in [6.07, 6.45) is 2.49. The summed E-state index contributed by atoms with van der Waals surface area (Å²) in [5, 5.41) is 3.24. The van der Waals surface area contributed by atoms with Crippen LogP contribution in [-0.4, -0.2) is 36.9 Å². The second kappa shape index (κ2) is 8.86. The average Bonchev–Trinajstić information content (AvgIpc) is 3.04. The van der Waals surface area contributed by atoms with E-state index in [9.17, 15) is 9.18 Å². The van der Waals surface area contributed by atoms with E-state index in [0.29, 0.717) is 32.5 Å². The van der Waals surface area contributed by atoms with Gasteiger partial charge in [0.25, 0.3) is 0 Å². The van der Waals surface area contributed by atoms with E-state index < -0.39 is 0 Å². The number of aliphatic imine (C=N–C) groups is 1. The molecule has 0 saturated carbocycles. The molecule has 3 rings (SSSR count). The van der Waals surface area contributed by atoms with E-state index in [4.69, 9.17) is 4.74 Å². The van der Waals surface area contributed by atoms with Crippen LogP contribution < -0.4 is 5.32 Å². The Morgan fingerprint density at radius 1 is 1.33 bits per heavy atom. The summed E-state index contributed by atoms with van der Waals surface area (Å²) >= 11 is 0. The van der Waals surface area contributed by atoms with E-state index in [1.165, 1.54) is 12.1 Å². The number of pyridine rings is 1. The molecule has 0 bridgehead atoms. The first kappa shape index (κ1) is 19.2. The molecule has 0 unspecified atom stereocenters. The van der Waals surface area contributed by atoms with Crippen LogP contribution in [-0.2, 0) is 22.5 Å². The van der Waals surface area contributed by atoms with Crippen LogP contribution in [0, 0.1) is 5.82 Å². The van der Waals surface area contributed by atoms with Gasteiger partial charge in [-0.3, -0.25) is 14.8 Å². The summed E-state index contributed by atoms with van der Waals surface area (Å²) in [6, 6.07) is 8.28. The molecule has 1 aromatic heterocycles. The highest BCUT2D eigenvalue weighted by atomic mass is 19.1. The lowest BCUT2D eigenvalue weighted by atomic mass is 9.94. The van der Waals surface area contributed by atoms with Crippen LogP contribution in [0.2, 0.25) is 0 Å². The monoisotopic (exact) mass is 369 g/mol. The maximum Gasteiger partial charge on any atom is 0.139 e. The molecule has 27 heavy (non-hydrogen) atoms. The molecule has 0 saturated heterocycles. The Morgan fingerprint density at radius 2 is 2.11 bits per heavy atom. The van der Waals surface area contributed by atoms with Gasteiger partial charge in [-0.2, -0.15) is 0 Å². The number of Topliss-reactive ketones (excluding diaryl/α,β-unsaturated/α-hetero) is 1. The molecule has 2 heterocycles. The quantitative estimate of drug-likeness (QED) is 0.727. The van der Waals surface area contributed by atoms with E-state index in [2.05, 4.69) is 15.3 Å². The van der Waals surface area contributed by atoms with E-state index >= 15 is 0 Å². The summed E-state index contributed by atoms with van der Waals surface area (Å²) in [4.78, 5) is 21.4. The molecule has 0 radical (unpaired) electrons. The summed E-state index contributed by atoms with van der Waals surface area (Å²) < 4.78 is 18.1. The Labute approximate surface area is 158 Å². The first-order valence-corrected chi connectivity index (χ1v) is 9.09. The SMILES string of the molecule is COCCNC1=NCc2cc(CC(=O)C[C@H](C)c3ccc(F)cc3)ncc21. The highest BCUT2D eigenvalue weighted by molar-refractivity contribution is 6.01. The third kappa shape index (κ3) is 4.98. The van der Waals surface area contributed by atoms with Crippen molar-refractivity contribution in [2.45, 2.75) is 32.2 Å². The maximum absolute atomic E-state index is 13.0. The molecule has 1 aliphatic heterocycles. The van der Waals surface area contributed by atoms with Crippen molar-refractivity contribution in [3.63, 3.8) is 0 Å². The number of nitrogens with one attached hydrogen (secondary N) is 1. The Hall–Kier alpha value is -2.60. The van der Waals surface area contributed by atoms with Gasteiger partial charge in [-0.15, -0.1) is 0 Å². The minimum absolute atomic E-state index is 0.0486. The summed E-state index contributed by atoms with van der Waals surface area (Å²) in [7, 11) is 1.66. The Kier molecular flexibility index (Phi) is 6.29. The molecule has 142 valence electrons. The van der Waals surface area contributed by atoms with Crippen molar-refractivity contribution < 1.29 is 13.9 Å². The third-order valence-electron chi connectivity index (χ3n) is 4.66. The zero-order valence-electron chi connectivity index (χ0n) is 15.7. The maximum atomic E-state index is 13.0. The zero-order chi connectivity index (χ0) is 19.2. The first-order valence-electron chi connectivity index (χ1n) is 9.09. The summed E-state index contributed by atoms with van der Waals surface area (Å²) in [5.41, 5.74) is 3.80. The van der Waals surface area contributed by atoms with Gasteiger partial charge in [0.2, 0.25) is 0 Å². The van der Waals surface area contributed by atoms with Gasteiger partial charge in [0.05, 0.1) is 13.2 Å². The van der Waals surface area contributed by atoms with Crippen molar-refractivity contribution in [3.05, 3.63) is 64.7 Å². The number of hydrogen-bond acceptors (Lipinski definition) is 5. The van der Waals surface area contributed by atoms with Gasteiger partial charge in [0, 0.05) is 44.0 Å². The fraction of sp³-hybridized carbons (Fsp3) is 0.381. The topological polar surface area (TPSA) is 63.6 Å². The molecular formula is C21H24FN3O2. The minimum Gasteiger partial charge on any atom is -0.383 e. The van der Waals surface area contributed by atoms with Crippen LogP contribution >= 0.6 is 0 Å². The van der Waals surface area contributed by atoms with E-state index in [0.717, 1.165) is 28.2 Å². The van der Waals surface area contributed by atoms with Gasteiger partial charge in [-0.25, -0.2) is 4.39 Å². The van der Waals surface area contributed by atoms with Crippen LogP contribution in [0.1, 0.15) is 41.6 Å². The van der Waals surface area contributed by atoms with Crippen molar-refractivity contribution in [1.29, 1.82) is 0 Å². The number of benzene rings is 1. The van der Waals surface area contributed by atoms with Crippen molar-refractivity contribution in [2.24, 2.45) is 4.99 Å². The van der Waals surface area contributed by atoms with Gasteiger partial charge in [0.1, 0.15) is 17.4 Å². The Bertz CT molecular complexity index is 834. The summed E-state index contributed by atoms with van der Waals surface area (Å²) in [5.74, 6) is 0.736. The molecule has 2 aromatic rings. The molecule has 1 aliphatic rings. The number of fused-ring (bicyclic) bond motifs is 1. The van der Waals surface area contributed by atoms with Crippen molar-refractivity contribution >= 4 is 11.6 Å². The van der Waals surface area contributed by atoms with Crippen LogP contribution in [0.25, 0.3) is 0 Å². The lowest BCUT2D eigenvalue weighted by Crippen LogP contribution is -2.27. The van der Waals surface area contributed by atoms with Crippen LogP contribution in [0.4, 0.5) is 4.39 Å². The molecule has 1 aromatic carbocycles. The predicted molar refractivity (Wildman–Crippen MR) is 102 cm³/mol. The second-order valence-electron chi connectivity index (χ2n) is 6.79. The molecule has 0 spiro atoms. The minimum atomic E-state index is -0.266. The fourth-order valence-corrected chi connectivity index (χ4v) is 3.18. The summed E-state index contributed by atoms with van der Waals surface area (Å²) in [6.45, 7) is 3.88. The van der Waals surface area contributed by atoms with Gasteiger partial charge >= 0.3 is 0 Å². The standard InChI is InChI=1S/C21H24FN3O2/c1-14(15-3-5-17(22)6-4-15)9-19(26)11-18-10-16-12-25-21(20(16)13-24-18)23-7-8-27-2/h3-6,10,13-14H,7-9,11-12H2,1-2H3,(H,23,25)/t14-/m0/s1.